The Bertz CT molecular complexity index is 2160. The standard InChI is InChI=1S/C41H39N5O/c1-27-28(2)46-25-32(47-38-23-29(18-19-42-38)40(3,4)5)24-37(39(46)43-27)41(30-12-11-13-31(22-30)45-21-20-44(6)26-45)35-16-9-7-14-33(35)34-15-8-10-17-36(34)41/h7-25H,26H2,1-6H3. The number of rotatable bonds is 5. The van der Waals surface area contributed by atoms with Crippen LogP contribution in [0.3, 0.4) is 0 Å². The molecule has 1 aliphatic carbocycles. The van der Waals surface area contributed by atoms with Gasteiger partial charge in [-0.15, -0.1) is 0 Å². The maximum absolute atomic E-state index is 6.68. The lowest BCUT2D eigenvalue weighted by atomic mass is 9.67. The summed E-state index contributed by atoms with van der Waals surface area (Å²) in [6.07, 6.45) is 8.16. The summed E-state index contributed by atoms with van der Waals surface area (Å²) in [6, 6.07) is 33.0. The summed E-state index contributed by atoms with van der Waals surface area (Å²) in [6.45, 7) is 11.6. The van der Waals surface area contributed by atoms with E-state index in [-0.39, 0.29) is 5.41 Å². The van der Waals surface area contributed by atoms with Crippen LogP contribution in [-0.2, 0) is 10.8 Å². The third-order valence-corrected chi connectivity index (χ3v) is 9.84. The van der Waals surface area contributed by atoms with E-state index in [1.165, 1.54) is 33.4 Å². The number of aryl methyl sites for hydroxylation is 2. The average molecular weight is 618 g/mol. The quantitative estimate of drug-likeness (QED) is 0.193. The number of aromatic nitrogens is 3. The molecule has 6 nitrogen and oxygen atoms in total. The molecule has 0 saturated heterocycles. The largest absolute Gasteiger partial charge is 0.437 e. The zero-order chi connectivity index (χ0) is 32.5. The molecule has 0 unspecified atom stereocenters. The third-order valence-electron chi connectivity index (χ3n) is 9.84. The molecule has 0 spiro atoms. The van der Waals surface area contributed by atoms with E-state index in [4.69, 9.17) is 9.72 Å². The number of hydrogen-bond acceptors (Lipinski definition) is 5. The molecule has 3 aromatic carbocycles. The number of ether oxygens (including phenoxy) is 1. The second kappa shape index (κ2) is 10.6. The van der Waals surface area contributed by atoms with Gasteiger partial charge in [0, 0.05) is 48.7 Å². The van der Waals surface area contributed by atoms with Crippen molar-refractivity contribution in [1.82, 2.24) is 19.3 Å². The molecule has 0 saturated carbocycles. The molecule has 6 heteroatoms. The number of nitrogens with zero attached hydrogens (tertiary/aromatic N) is 5. The van der Waals surface area contributed by atoms with Crippen LogP contribution in [0, 0.1) is 13.8 Å². The minimum Gasteiger partial charge on any atom is -0.437 e. The Morgan fingerprint density at radius 2 is 1.51 bits per heavy atom. The zero-order valence-electron chi connectivity index (χ0n) is 27.8. The average Bonchev–Trinajstić information content (AvgIpc) is 3.73. The van der Waals surface area contributed by atoms with E-state index in [1.807, 2.05) is 6.20 Å². The molecule has 3 aromatic heterocycles. The fraction of sp³-hybridized carbons (Fsp3) is 0.220. The lowest BCUT2D eigenvalue weighted by molar-refractivity contribution is 0.454. The van der Waals surface area contributed by atoms with E-state index in [1.54, 1.807) is 0 Å². The van der Waals surface area contributed by atoms with Crippen LogP contribution in [0.1, 0.15) is 60.0 Å². The fourth-order valence-electron chi connectivity index (χ4n) is 7.34. The third kappa shape index (κ3) is 4.54. The Morgan fingerprint density at radius 3 is 2.19 bits per heavy atom. The van der Waals surface area contributed by atoms with E-state index in [2.05, 4.69) is 170 Å². The molecule has 0 fully saturated rings. The monoisotopic (exact) mass is 617 g/mol. The highest BCUT2D eigenvalue weighted by Crippen LogP contribution is 2.57. The zero-order valence-corrected chi connectivity index (χ0v) is 27.8. The van der Waals surface area contributed by atoms with E-state index >= 15 is 0 Å². The Morgan fingerprint density at radius 1 is 0.787 bits per heavy atom. The summed E-state index contributed by atoms with van der Waals surface area (Å²) < 4.78 is 8.87. The van der Waals surface area contributed by atoms with Crippen molar-refractivity contribution >= 4 is 11.3 Å². The lowest BCUT2D eigenvalue weighted by Crippen LogP contribution is -2.30. The first kappa shape index (κ1) is 29.1. The van der Waals surface area contributed by atoms with Gasteiger partial charge in [0.15, 0.2) is 0 Å². The number of imidazole rings is 1. The highest BCUT2D eigenvalue weighted by Gasteiger charge is 2.48. The SMILES string of the molecule is Cc1nc2c(C3(c4cccc(N5C=CN(C)C5)c4)c4ccccc4-c4ccccc43)cc(Oc3cc(C(C)(C)C)ccn3)cn2c1C. The van der Waals surface area contributed by atoms with Crippen LogP contribution in [0.2, 0.25) is 0 Å². The van der Waals surface area contributed by atoms with Gasteiger partial charge in [0.1, 0.15) is 11.4 Å². The van der Waals surface area contributed by atoms with Crippen LogP contribution in [0.5, 0.6) is 11.6 Å². The summed E-state index contributed by atoms with van der Waals surface area (Å²) in [5.74, 6) is 1.29. The molecule has 0 N–H and O–H groups in total. The Labute approximate surface area is 276 Å². The number of benzene rings is 3. The van der Waals surface area contributed by atoms with Gasteiger partial charge >= 0.3 is 0 Å². The molecule has 0 bridgehead atoms. The minimum atomic E-state index is -0.663. The topological polar surface area (TPSA) is 45.9 Å². The molecular weight excluding hydrogens is 578 g/mol. The molecule has 0 radical (unpaired) electrons. The maximum atomic E-state index is 6.68. The molecule has 47 heavy (non-hydrogen) atoms. The molecular formula is C41H39N5O. The van der Waals surface area contributed by atoms with E-state index in [0.717, 1.165) is 35.0 Å². The molecule has 0 amide bonds. The van der Waals surface area contributed by atoms with Gasteiger partial charge in [-0.05, 0) is 76.9 Å². The highest BCUT2D eigenvalue weighted by atomic mass is 16.5. The molecule has 1 aliphatic heterocycles. The van der Waals surface area contributed by atoms with E-state index < -0.39 is 5.41 Å². The summed E-state index contributed by atoms with van der Waals surface area (Å²) in [7, 11) is 2.10. The second-order valence-corrected chi connectivity index (χ2v) is 13.9. The van der Waals surface area contributed by atoms with Crippen LogP contribution in [0.15, 0.2) is 116 Å². The summed E-state index contributed by atoms with van der Waals surface area (Å²) in [5, 5.41) is 0. The number of hydrogen-bond donors (Lipinski definition) is 0. The number of anilines is 1. The van der Waals surface area contributed by atoms with Crippen molar-refractivity contribution in [2.75, 3.05) is 18.6 Å². The van der Waals surface area contributed by atoms with Gasteiger partial charge in [0.25, 0.3) is 0 Å². The summed E-state index contributed by atoms with van der Waals surface area (Å²) in [5.41, 5.74) is 11.8. The van der Waals surface area contributed by atoms with Crippen molar-refractivity contribution in [3.63, 3.8) is 0 Å². The Hall–Kier alpha value is -5.36. The number of fused-ring (bicyclic) bond motifs is 4. The second-order valence-electron chi connectivity index (χ2n) is 13.9. The van der Waals surface area contributed by atoms with Gasteiger partial charge in [-0.3, -0.25) is 0 Å². The maximum Gasteiger partial charge on any atom is 0.219 e. The molecule has 4 heterocycles. The molecule has 2 aliphatic rings. The predicted octanol–water partition coefficient (Wildman–Crippen LogP) is 8.98. The Balaban J connectivity index is 1.43. The van der Waals surface area contributed by atoms with Gasteiger partial charge in [-0.25, -0.2) is 9.97 Å². The summed E-state index contributed by atoms with van der Waals surface area (Å²) >= 11 is 0. The molecule has 234 valence electrons. The fourth-order valence-corrected chi connectivity index (χ4v) is 7.34. The van der Waals surface area contributed by atoms with Gasteiger partial charge in [-0.2, -0.15) is 0 Å². The smallest absolute Gasteiger partial charge is 0.219 e. The van der Waals surface area contributed by atoms with E-state index in [9.17, 15) is 0 Å². The van der Waals surface area contributed by atoms with Gasteiger partial charge in [0.05, 0.1) is 24.0 Å². The van der Waals surface area contributed by atoms with Crippen LogP contribution >= 0.6 is 0 Å². The van der Waals surface area contributed by atoms with Gasteiger partial charge < -0.3 is 18.9 Å². The van der Waals surface area contributed by atoms with Crippen LogP contribution in [0.25, 0.3) is 16.8 Å². The predicted molar refractivity (Wildman–Crippen MR) is 189 cm³/mol. The lowest BCUT2D eigenvalue weighted by Gasteiger charge is -2.35. The van der Waals surface area contributed by atoms with Crippen LogP contribution in [0.4, 0.5) is 5.69 Å². The first-order chi connectivity index (χ1) is 22.6. The normalized spacial score (nSPS) is 14.9. The van der Waals surface area contributed by atoms with Gasteiger partial charge in [-0.1, -0.05) is 81.4 Å². The van der Waals surface area contributed by atoms with Crippen molar-refractivity contribution in [2.45, 2.75) is 45.4 Å². The minimum absolute atomic E-state index is 0.0279. The molecule has 0 atom stereocenters. The van der Waals surface area contributed by atoms with Crippen LogP contribution < -0.4 is 9.64 Å². The van der Waals surface area contributed by atoms with Crippen molar-refractivity contribution < 1.29 is 4.74 Å². The van der Waals surface area contributed by atoms with E-state index in [0.29, 0.717) is 11.6 Å². The highest BCUT2D eigenvalue weighted by molar-refractivity contribution is 5.88. The molecule has 6 aromatic rings. The number of pyridine rings is 2. The first-order valence-electron chi connectivity index (χ1n) is 16.2. The van der Waals surface area contributed by atoms with Crippen molar-refractivity contribution in [1.29, 1.82) is 0 Å². The Kier molecular flexibility index (Phi) is 6.55. The van der Waals surface area contributed by atoms with Crippen molar-refractivity contribution in [3.8, 4) is 22.8 Å². The van der Waals surface area contributed by atoms with Crippen molar-refractivity contribution in [3.05, 3.63) is 155 Å². The first-order valence-corrected chi connectivity index (χ1v) is 16.2. The molecule has 8 rings (SSSR count). The van der Waals surface area contributed by atoms with Crippen LogP contribution in [-0.4, -0.2) is 33.0 Å². The summed E-state index contributed by atoms with van der Waals surface area (Å²) in [4.78, 5) is 14.3. The van der Waals surface area contributed by atoms with Crippen molar-refractivity contribution in [2.24, 2.45) is 0 Å². The van der Waals surface area contributed by atoms with Gasteiger partial charge in [0.2, 0.25) is 5.88 Å².